The first-order chi connectivity index (χ1) is 11.7. The van der Waals surface area contributed by atoms with Gasteiger partial charge >= 0.3 is 6.03 Å². The van der Waals surface area contributed by atoms with Crippen molar-refractivity contribution in [2.24, 2.45) is 0 Å². The van der Waals surface area contributed by atoms with E-state index in [4.69, 9.17) is 9.47 Å². The molecule has 5 nitrogen and oxygen atoms in total. The van der Waals surface area contributed by atoms with E-state index in [1.54, 1.807) is 12.1 Å². The lowest BCUT2D eigenvalue weighted by molar-refractivity contribution is 0.141. The van der Waals surface area contributed by atoms with Crippen LogP contribution in [0.2, 0.25) is 0 Å². The standard InChI is InChI=1S/C18H25FN2O3/c19-14-5-7-17(8-6-14)24-13-16-4-1-10-21(16)18(22)20-15-3-2-11-23-12-9-15/h5-8,15-16H,1-4,9-13H2,(H,20,22)/t15?,16-/m0/s1. The second kappa shape index (κ2) is 8.33. The molecule has 132 valence electrons. The topological polar surface area (TPSA) is 50.8 Å². The zero-order chi connectivity index (χ0) is 16.8. The predicted octanol–water partition coefficient (Wildman–Crippen LogP) is 2.95. The van der Waals surface area contributed by atoms with Crippen molar-refractivity contribution in [2.75, 3.05) is 26.4 Å². The van der Waals surface area contributed by atoms with Gasteiger partial charge in [-0.15, -0.1) is 0 Å². The number of nitrogens with zero attached hydrogens (tertiary/aromatic N) is 1. The molecule has 0 saturated carbocycles. The maximum Gasteiger partial charge on any atom is 0.317 e. The Kier molecular flexibility index (Phi) is 5.91. The molecule has 2 saturated heterocycles. The van der Waals surface area contributed by atoms with E-state index in [1.807, 2.05) is 4.90 Å². The molecule has 2 atom stereocenters. The maximum atomic E-state index is 12.9. The summed E-state index contributed by atoms with van der Waals surface area (Å²) in [4.78, 5) is 14.4. The highest BCUT2D eigenvalue weighted by Gasteiger charge is 2.30. The lowest BCUT2D eigenvalue weighted by Gasteiger charge is -2.27. The van der Waals surface area contributed by atoms with Crippen LogP contribution in [0, 0.1) is 5.82 Å². The molecule has 2 fully saturated rings. The summed E-state index contributed by atoms with van der Waals surface area (Å²) < 4.78 is 24.1. The van der Waals surface area contributed by atoms with E-state index < -0.39 is 0 Å². The molecule has 24 heavy (non-hydrogen) atoms. The number of nitrogens with one attached hydrogen (secondary N) is 1. The van der Waals surface area contributed by atoms with Gasteiger partial charge in [0.1, 0.15) is 18.2 Å². The Morgan fingerprint density at radius 3 is 2.88 bits per heavy atom. The van der Waals surface area contributed by atoms with E-state index in [1.165, 1.54) is 12.1 Å². The third-order valence-electron chi connectivity index (χ3n) is 4.67. The summed E-state index contributed by atoms with van der Waals surface area (Å²) in [7, 11) is 0. The van der Waals surface area contributed by atoms with Crippen molar-refractivity contribution in [1.29, 1.82) is 0 Å². The Bertz CT molecular complexity index is 530. The molecule has 0 radical (unpaired) electrons. The van der Waals surface area contributed by atoms with Crippen LogP contribution < -0.4 is 10.1 Å². The number of hydrogen-bond donors (Lipinski definition) is 1. The van der Waals surface area contributed by atoms with Gasteiger partial charge in [0.25, 0.3) is 0 Å². The van der Waals surface area contributed by atoms with Crippen molar-refractivity contribution in [2.45, 2.75) is 44.2 Å². The molecule has 1 unspecified atom stereocenters. The average Bonchev–Trinajstić information content (AvgIpc) is 2.91. The van der Waals surface area contributed by atoms with Crippen molar-refractivity contribution >= 4 is 6.03 Å². The summed E-state index contributed by atoms with van der Waals surface area (Å²) in [6, 6.07) is 6.23. The Labute approximate surface area is 142 Å². The lowest BCUT2D eigenvalue weighted by Crippen LogP contribution is -2.48. The predicted molar refractivity (Wildman–Crippen MR) is 88.6 cm³/mol. The van der Waals surface area contributed by atoms with Crippen LogP contribution in [0.25, 0.3) is 0 Å². The second-order valence-electron chi connectivity index (χ2n) is 6.44. The second-order valence-corrected chi connectivity index (χ2v) is 6.44. The first kappa shape index (κ1) is 17.0. The van der Waals surface area contributed by atoms with Crippen LogP contribution in [-0.4, -0.2) is 49.4 Å². The molecule has 1 N–H and O–H groups in total. The summed E-state index contributed by atoms with van der Waals surface area (Å²) in [5.74, 6) is 0.348. The molecule has 2 amide bonds. The van der Waals surface area contributed by atoms with Gasteiger partial charge in [-0.25, -0.2) is 9.18 Å². The largest absolute Gasteiger partial charge is 0.491 e. The number of likely N-dealkylation sites (tertiary alicyclic amines) is 1. The normalized spacial score (nSPS) is 24.5. The summed E-state index contributed by atoms with van der Waals surface area (Å²) in [5.41, 5.74) is 0. The lowest BCUT2D eigenvalue weighted by atomic mass is 10.1. The number of amides is 2. The summed E-state index contributed by atoms with van der Waals surface area (Å²) in [6.07, 6.45) is 4.75. The first-order valence-electron chi connectivity index (χ1n) is 8.75. The fraction of sp³-hybridized carbons (Fsp3) is 0.611. The molecule has 3 rings (SSSR count). The van der Waals surface area contributed by atoms with E-state index in [2.05, 4.69) is 5.32 Å². The Hall–Kier alpha value is -1.82. The minimum Gasteiger partial charge on any atom is -0.491 e. The number of rotatable bonds is 4. The minimum absolute atomic E-state index is 0.00731. The fourth-order valence-electron chi connectivity index (χ4n) is 3.31. The van der Waals surface area contributed by atoms with E-state index in [9.17, 15) is 9.18 Å². The highest BCUT2D eigenvalue weighted by Crippen LogP contribution is 2.20. The number of halogens is 1. The van der Waals surface area contributed by atoms with Gasteiger partial charge in [-0.3, -0.25) is 0 Å². The van der Waals surface area contributed by atoms with Gasteiger partial charge in [-0.05, 0) is 56.4 Å². The van der Waals surface area contributed by atoms with Gasteiger partial charge in [-0.1, -0.05) is 0 Å². The number of carbonyl (C=O) groups is 1. The van der Waals surface area contributed by atoms with Crippen molar-refractivity contribution in [3.8, 4) is 5.75 Å². The quantitative estimate of drug-likeness (QED) is 0.920. The molecular formula is C18H25FN2O3. The Morgan fingerprint density at radius 1 is 1.21 bits per heavy atom. The summed E-state index contributed by atoms with van der Waals surface area (Å²) in [5, 5.41) is 3.14. The average molecular weight is 336 g/mol. The smallest absolute Gasteiger partial charge is 0.317 e. The number of urea groups is 1. The van der Waals surface area contributed by atoms with Crippen LogP contribution in [0.3, 0.4) is 0 Å². The summed E-state index contributed by atoms with van der Waals surface area (Å²) in [6.45, 7) is 2.69. The zero-order valence-corrected chi connectivity index (χ0v) is 13.9. The van der Waals surface area contributed by atoms with E-state index >= 15 is 0 Å². The first-order valence-corrected chi connectivity index (χ1v) is 8.75. The molecule has 0 bridgehead atoms. The van der Waals surface area contributed by atoms with Gasteiger partial charge in [-0.2, -0.15) is 0 Å². The molecule has 6 heteroatoms. The fourth-order valence-corrected chi connectivity index (χ4v) is 3.31. The van der Waals surface area contributed by atoms with Gasteiger partial charge in [0.05, 0.1) is 6.04 Å². The number of carbonyl (C=O) groups excluding carboxylic acids is 1. The van der Waals surface area contributed by atoms with Crippen molar-refractivity contribution in [3.63, 3.8) is 0 Å². The highest BCUT2D eigenvalue weighted by atomic mass is 19.1. The number of hydrogen-bond acceptors (Lipinski definition) is 3. The van der Waals surface area contributed by atoms with E-state index in [0.717, 1.165) is 45.3 Å². The minimum atomic E-state index is -0.281. The van der Waals surface area contributed by atoms with E-state index in [-0.39, 0.29) is 23.9 Å². The number of benzene rings is 1. The molecule has 2 aliphatic rings. The zero-order valence-electron chi connectivity index (χ0n) is 13.9. The molecule has 1 aromatic rings. The molecular weight excluding hydrogens is 311 g/mol. The van der Waals surface area contributed by atoms with Gasteiger partial charge in [0.2, 0.25) is 0 Å². The molecule has 0 aromatic heterocycles. The van der Waals surface area contributed by atoms with Gasteiger partial charge in [0.15, 0.2) is 0 Å². The van der Waals surface area contributed by atoms with Gasteiger partial charge < -0.3 is 19.7 Å². The van der Waals surface area contributed by atoms with Crippen molar-refractivity contribution in [1.82, 2.24) is 10.2 Å². The highest BCUT2D eigenvalue weighted by molar-refractivity contribution is 5.75. The number of ether oxygens (including phenoxy) is 2. The van der Waals surface area contributed by atoms with Gasteiger partial charge in [0, 0.05) is 25.8 Å². The van der Waals surface area contributed by atoms with Crippen LogP contribution in [0.15, 0.2) is 24.3 Å². The van der Waals surface area contributed by atoms with Crippen molar-refractivity contribution < 1.29 is 18.7 Å². The Balaban J connectivity index is 1.50. The van der Waals surface area contributed by atoms with Crippen LogP contribution in [0.5, 0.6) is 5.75 Å². The summed E-state index contributed by atoms with van der Waals surface area (Å²) >= 11 is 0. The molecule has 2 heterocycles. The third-order valence-corrected chi connectivity index (χ3v) is 4.67. The SMILES string of the molecule is O=C(NC1CCCOCC1)N1CCC[C@H]1COc1ccc(F)cc1. The van der Waals surface area contributed by atoms with Crippen LogP contribution >= 0.6 is 0 Å². The van der Waals surface area contributed by atoms with E-state index in [0.29, 0.717) is 19.0 Å². The monoisotopic (exact) mass is 336 g/mol. The van der Waals surface area contributed by atoms with Crippen LogP contribution in [-0.2, 0) is 4.74 Å². The Morgan fingerprint density at radius 2 is 2.04 bits per heavy atom. The molecule has 2 aliphatic heterocycles. The molecule has 1 aromatic carbocycles. The molecule has 0 spiro atoms. The third kappa shape index (κ3) is 4.60. The van der Waals surface area contributed by atoms with Crippen LogP contribution in [0.1, 0.15) is 32.1 Å². The van der Waals surface area contributed by atoms with Crippen molar-refractivity contribution in [3.05, 3.63) is 30.1 Å². The molecule has 0 aliphatic carbocycles. The van der Waals surface area contributed by atoms with Crippen LogP contribution in [0.4, 0.5) is 9.18 Å². The maximum absolute atomic E-state index is 12.9.